The molecular weight excluding hydrogens is 200 g/mol. The molecule has 2 N–H and O–H groups in total. The van der Waals surface area contributed by atoms with E-state index in [1.807, 2.05) is 0 Å². The molecule has 0 aromatic carbocycles. The van der Waals surface area contributed by atoms with Gasteiger partial charge in [0.2, 0.25) is 5.91 Å². The maximum Gasteiger partial charge on any atom is 0.237 e. The van der Waals surface area contributed by atoms with Crippen LogP contribution in [0.2, 0.25) is 0 Å². The zero-order valence-electron chi connectivity index (χ0n) is 10.5. The van der Waals surface area contributed by atoms with Crippen LogP contribution in [0.25, 0.3) is 0 Å². The van der Waals surface area contributed by atoms with Crippen LogP contribution in [0.1, 0.15) is 52.4 Å². The highest BCUT2D eigenvalue weighted by Crippen LogP contribution is 2.35. The molecule has 0 bridgehead atoms. The number of carbonyl (C=O) groups excluding carboxylic acids is 1. The van der Waals surface area contributed by atoms with Crippen molar-refractivity contribution in [2.45, 2.75) is 64.5 Å². The van der Waals surface area contributed by atoms with Gasteiger partial charge in [0.25, 0.3) is 0 Å². The van der Waals surface area contributed by atoms with Crippen molar-refractivity contribution in [1.82, 2.24) is 10.6 Å². The van der Waals surface area contributed by atoms with Gasteiger partial charge in [-0.3, -0.25) is 4.79 Å². The van der Waals surface area contributed by atoms with Crippen molar-refractivity contribution in [2.75, 3.05) is 6.54 Å². The molecule has 1 aliphatic heterocycles. The maximum atomic E-state index is 12.0. The maximum absolute atomic E-state index is 12.0. The predicted molar refractivity (Wildman–Crippen MR) is 65.2 cm³/mol. The van der Waals surface area contributed by atoms with Crippen molar-refractivity contribution >= 4 is 5.91 Å². The second-order valence-electron chi connectivity index (χ2n) is 6.12. The topological polar surface area (TPSA) is 41.1 Å². The summed E-state index contributed by atoms with van der Waals surface area (Å²) in [4.78, 5) is 12.0. The van der Waals surface area contributed by atoms with Gasteiger partial charge in [-0.2, -0.15) is 0 Å². The first-order chi connectivity index (χ1) is 7.57. The van der Waals surface area contributed by atoms with E-state index >= 15 is 0 Å². The third kappa shape index (κ3) is 2.97. The quantitative estimate of drug-likeness (QED) is 0.751. The minimum Gasteiger partial charge on any atom is -0.352 e. The van der Waals surface area contributed by atoms with Gasteiger partial charge in [-0.15, -0.1) is 0 Å². The highest BCUT2D eigenvalue weighted by atomic mass is 16.2. The van der Waals surface area contributed by atoms with Crippen LogP contribution in [0.15, 0.2) is 0 Å². The van der Waals surface area contributed by atoms with E-state index < -0.39 is 0 Å². The van der Waals surface area contributed by atoms with Gasteiger partial charge in [-0.05, 0) is 44.1 Å². The zero-order chi connectivity index (χ0) is 11.6. The van der Waals surface area contributed by atoms with E-state index in [2.05, 4.69) is 24.5 Å². The van der Waals surface area contributed by atoms with E-state index in [0.717, 1.165) is 32.2 Å². The van der Waals surface area contributed by atoms with Crippen molar-refractivity contribution in [3.05, 3.63) is 0 Å². The first-order valence-corrected chi connectivity index (χ1v) is 6.61. The Morgan fingerprint density at radius 1 is 1.31 bits per heavy atom. The number of rotatable bonds is 2. The number of hydrogen-bond acceptors (Lipinski definition) is 2. The summed E-state index contributed by atoms with van der Waals surface area (Å²) in [7, 11) is 0. The molecule has 2 aliphatic rings. The molecule has 1 heterocycles. The van der Waals surface area contributed by atoms with Crippen LogP contribution in [0.5, 0.6) is 0 Å². The Balaban J connectivity index is 1.82. The van der Waals surface area contributed by atoms with Crippen LogP contribution in [0.3, 0.4) is 0 Å². The molecular formula is C13H24N2O. The largest absolute Gasteiger partial charge is 0.352 e. The third-order valence-electron chi connectivity index (χ3n) is 3.93. The molecule has 1 aliphatic carbocycles. The lowest BCUT2D eigenvalue weighted by Crippen LogP contribution is -2.47. The van der Waals surface area contributed by atoms with Crippen molar-refractivity contribution in [3.8, 4) is 0 Å². The molecule has 1 saturated carbocycles. The Morgan fingerprint density at radius 3 is 2.75 bits per heavy atom. The summed E-state index contributed by atoms with van der Waals surface area (Å²) in [5, 5.41) is 6.47. The molecule has 2 fully saturated rings. The lowest BCUT2D eigenvalue weighted by atomic mass is 9.75. The number of hydrogen-bond donors (Lipinski definition) is 2. The molecule has 3 heteroatoms. The van der Waals surface area contributed by atoms with Crippen LogP contribution < -0.4 is 10.6 Å². The van der Waals surface area contributed by atoms with Gasteiger partial charge in [0.1, 0.15) is 0 Å². The van der Waals surface area contributed by atoms with Gasteiger partial charge in [-0.25, -0.2) is 0 Å². The summed E-state index contributed by atoms with van der Waals surface area (Å²) < 4.78 is 0. The minimum absolute atomic E-state index is 0.0741. The normalized spacial score (nSPS) is 33.6. The molecule has 2 atom stereocenters. The first kappa shape index (κ1) is 11.9. The predicted octanol–water partition coefficient (Wildman–Crippen LogP) is 1.82. The van der Waals surface area contributed by atoms with Gasteiger partial charge in [0.05, 0.1) is 6.04 Å². The zero-order valence-corrected chi connectivity index (χ0v) is 10.5. The van der Waals surface area contributed by atoms with Gasteiger partial charge in [0.15, 0.2) is 0 Å². The molecule has 2 rings (SSSR count). The highest BCUT2D eigenvalue weighted by molar-refractivity contribution is 5.82. The fourth-order valence-electron chi connectivity index (χ4n) is 3.03. The van der Waals surface area contributed by atoms with E-state index in [1.165, 1.54) is 12.8 Å². The van der Waals surface area contributed by atoms with Crippen molar-refractivity contribution in [2.24, 2.45) is 5.41 Å². The summed E-state index contributed by atoms with van der Waals surface area (Å²) in [6.45, 7) is 5.60. The SMILES string of the molecule is CC1(C)CCC[C@@H](NC(=O)[C@@H]2CCCN2)C1. The van der Waals surface area contributed by atoms with Gasteiger partial charge < -0.3 is 10.6 Å². The van der Waals surface area contributed by atoms with Crippen molar-refractivity contribution < 1.29 is 4.79 Å². The van der Waals surface area contributed by atoms with E-state index in [4.69, 9.17) is 0 Å². The molecule has 0 spiro atoms. The molecule has 3 nitrogen and oxygen atoms in total. The highest BCUT2D eigenvalue weighted by Gasteiger charge is 2.30. The van der Waals surface area contributed by atoms with Crippen LogP contribution in [-0.2, 0) is 4.79 Å². The molecule has 1 amide bonds. The lowest BCUT2D eigenvalue weighted by Gasteiger charge is -2.36. The number of nitrogens with one attached hydrogen (secondary N) is 2. The standard InChI is InChI=1S/C13H24N2O/c1-13(2)7-3-5-10(9-13)15-12(16)11-6-4-8-14-11/h10-11,14H,3-9H2,1-2H3,(H,15,16)/t10-,11+/m1/s1. The van der Waals surface area contributed by atoms with Crippen LogP contribution in [0, 0.1) is 5.41 Å². The molecule has 0 aromatic rings. The third-order valence-corrected chi connectivity index (χ3v) is 3.93. The first-order valence-electron chi connectivity index (χ1n) is 6.61. The van der Waals surface area contributed by atoms with Gasteiger partial charge in [-0.1, -0.05) is 20.3 Å². The summed E-state index contributed by atoms with van der Waals surface area (Å²) in [5.41, 5.74) is 0.402. The van der Waals surface area contributed by atoms with Crippen LogP contribution in [-0.4, -0.2) is 24.5 Å². The number of carbonyl (C=O) groups is 1. The van der Waals surface area contributed by atoms with Crippen molar-refractivity contribution in [3.63, 3.8) is 0 Å². The van der Waals surface area contributed by atoms with Crippen molar-refractivity contribution in [1.29, 1.82) is 0 Å². The molecule has 16 heavy (non-hydrogen) atoms. The molecule has 92 valence electrons. The fourth-order valence-corrected chi connectivity index (χ4v) is 3.03. The summed E-state index contributed by atoms with van der Waals surface area (Å²) in [5.74, 6) is 0.222. The van der Waals surface area contributed by atoms with E-state index in [9.17, 15) is 4.79 Å². The summed E-state index contributed by atoms with van der Waals surface area (Å²) in [6.07, 6.45) is 6.96. The second-order valence-corrected chi connectivity index (χ2v) is 6.12. The Morgan fingerprint density at radius 2 is 2.12 bits per heavy atom. The van der Waals surface area contributed by atoms with E-state index in [0.29, 0.717) is 11.5 Å². The fraction of sp³-hybridized carbons (Fsp3) is 0.923. The smallest absolute Gasteiger partial charge is 0.237 e. The summed E-state index contributed by atoms with van der Waals surface area (Å²) in [6, 6.07) is 0.476. The number of amides is 1. The second kappa shape index (κ2) is 4.74. The molecule has 1 saturated heterocycles. The molecule has 0 radical (unpaired) electrons. The molecule has 0 unspecified atom stereocenters. The van der Waals surface area contributed by atoms with E-state index in [1.54, 1.807) is 0 Å². The minimum atomic E-state index is 0.0741. The Kier molecular flexibility index (Phi) is 3.53. The average Bonchev–Trinajstić information content (AvgIpc) is 2.68. The Hall–Kier alpha value is -0.570. The van der Waals surface area contributed by atoms with Gasteiger partial charge in [0, 0.05) is 6.04 Å². The van der Waals surface area contributed by atoms with E-state index in [-0.39, 0.29) is 11.9 Å². The van der Waals surface area contributed by atoms with Gasteiger partial charge >= 0.3 is 0 Å². The lowest BCUT2D eigenvalue weighted by molar-refractivity contribution is -0.123. The van der Waals surface area contributed by atoms with Crippen LogP contribution in [0.4, 0.5) is 0 Å². The summed E-state index contributed by atoms with van der Waals surface area (Å²) >= 11 is 0. The monoisotopic (exact) mass is 224 g/mol. The average molecular weight is 224 g/mol. The molecule has 0 aromatic heterocycles. The Bertz CT molecular complexity index is 257. The van der Waals surface area contributed by atoms with Crippen LogP contribution >= 0.6 is 0 Å². The Labute approximate surface area is 98.4 Å².